The lowest BCUT2D eigenvalue weighted by Crippen LogP contribution is -2.36. The number of fused-ring (bicyclic) bond motifs is 2. The maximum atomic E-state index is 12.4. The third-order valence-electron chi connectivity index (χ3n) is 4.27. The number of rotatable bonds is 4. The first-order valence-electron chi connectivity index (χ1n) is 8.41. The molecule has 3 N–H and O–H groups in total. The first kappa shape index (κ1) is 16.7. The normalized spacial score (nSPS) is 17.4. The largest absolute Gasteiger partial charge is 0.346 e. The molecule has 2 atom stereocenters. The average molecular weight is 366 g/mol. The Morgan fingerprint density at radius 2 is 2.00 bits per heavy atom. The van der Waals surface area contributed by atoms with E-state index in [1.807, 2.05) is 55.5 Å². The fourth-order valence-electron chi connectivity index (χ4n) is 2.94. The van der Waals surface area contributed by atoms with Crippen molar-refractivity contribution in [3.05, 3.63) is 54.4 Å². The number of aromatic amines is 1. The summed E-state index contributed by atoms with van der Waals surface area (Å²) in [7, 11) is 0. The summed E-state index contributed by atoms with van der Waals surface area (Å²) < 4.78 is 0. The van der Waals surface area contributed by atoms with E-state index in [0.717, 1.165) is 21.6 Å². The molecular weight excluding hydrogens is 348 g/mol. The number of thioether (sulfide) groups is 1. The van der Waals surface area contributed by atoms with Crippen molar-refractivity contribution < 1.29 is 9.59 Å². The van der Waals surface area contributed by atoms with E-state index in [1.54, 1.807) is 0 Å². The van der Waals surface area contributed by atoms with Crippen LogP contribution in [0.5, 0.6) is 0 Å². The number of anilines is 1. The Bertz CT molecular complexity index is 951. The van der Waals surface area contributed by atoms with Crippen LogP contribution in [0.1, 0.15) is 25.2 Å². The molecule has 2 unspecified atom stereocenters. The van der Waals surface area contributed by atoms with Gasteiger partial charge >= 0.3 is 0 Å². The van der Waals surface area contributed by atoms with Gasteiger partial charge in [0.15, 0.2) is 0 Å². The van der Waals surface area contributed by atoms with Gasteiger partial charge in [-0.3, -0.25) is 9.59 Å². The van der Waals surface area contributed by atoms with E-state index in [1.165, 1.54) is 11.8 Å². The second-order valence-electron chi connectivity index (χ2n) is 6.22. The number of carbonyl (C=O) groups is 2. The average Bonchev–Trinajstić information content (AvgIpc) is 3.06. The number of para-hydroxylation sites is 3. The topological polar surface area (TPSA) is 86.9 Å². The van der Waals surface area contributed by atoms with Crippen molar-refractivity contribution in [1.82, 2.24) is 15.3 Å². The van der Waals surface area contributed by atoms with Crippen molar-refractivity contribution in [2.24, 2.45) is 0 Å². The summed E-state index contributed by atoms with van der Waals surface area (Å²) in [6.07, 6.45) is 0.120. The molecule has 0 saturated carbocycles. The third-order valence-corrected chi connectivity index (χ3v) is 5.55. The molecule has 0 radical (unpaired) electrons. The Morgan fingerprint density at radius 1 is 1.23 bits per heavy atom. The molecule has 0 saturated heterocycles. The van der Waals surface area contributed by atoms with Crippen LogP contribution < -0.4 is 10.6 Å². The zero-order valence-electron chi connectivity index (χ0n) is 14.2. The highest BCUT2D eigenvalue weighted by molar-refractivity contribution is 8.01. The minimum absolute atomic E-state index is 0.120. The molecule has 1 aromatic heterocycles. The minimum atomic E-state index is -0.437. The number of benzene rings is 2. The van der Waals surface area contributed by atoms with E-state index in [4.69, 9.17) is 0 Å². The summed E-state index contributed by atoms with van der Waals surface area (Å²) >= 11 is 1.42. The maximum absolute atomic E-state index is 12.4. The van der Waals surface area contributed by atoms with Gasteiger partial charge in [0.2, 0.25) is 11.8 Å². The van der Waals surface area contributed by atoms with E-state index in [2.05, 4.69) is 20.6 Å². The van der Waals surface area contributed by atoms with Crippen LogP contribution in [0.3, 0.4) is 0 Å². The van der Waals surface area contributed by atoms with Gasteiger partial charge in [0, 0.05) is 11.3 Å². The number of nitrogens with zero attached hydrogens (tertiary/aromatic N) is 1. The van der Waals surface area contributed by atoms with E-state index in [0.29, 0.717) is 5.82 Å². The zero-order chi connectivity index (χ0) is 18.1. The smallest absolute Gasteiger partial charge is 0.238 e. The van der Waals surface area contributed by atoms with Gasteiger partial charge in [0.05, 0.1) is 28.0 Å². The number of imidazole rings is 1. The summed E-state index contributed by atoms with van der Waals surface area (Å²) in [6, 6.07) is 15.1. The van der Waals surface area contributed by atoms with Gasteiger partial charge in [-0.25, -0.2) is 4.98 Å². The Balaban J connectivity index is 1.41. The van der Waals surface area contributed by atoms with Gasteiger partial charge in [0.25, 0.3) is 0 Å². The van der Waals surface area contributed by atoms with Crippen LogP contribution >= 0.6 is 11.8 Å². The van der Waals surface area contributed by atoms with E-state index in [9.17, 15) is 9.59 Å². The van der Waals surface area contributed by atoms with Crippen molar-refractivity contribution >= 4 is 40.3 Å². The van der Waals surface area contributed by atoms with Gasteiger partial charge in [-0.1, -0.05) is 24.3 Å². The number of carbonyl (C=O) groups excluding carboxylic acids is 2. The Labute approximate surface area is 154 Å². The molecule has 3 aromatic rings. The van der Waals surface area contributed by atoms with Gasteiger partial charge < -0.3 is 15.6 Å². The van der Waals surface area contributed by atoms with Crippen LogP contribution in [0.4, 0.5) is 5.69 Å². The number of amides is 2. The Kier molecular flexibility index (Phi) is 4.38. The lowest BCUT2D eigenvalue weighted by atomic mass is 10.2. The van der Waals surface area contributed by atoms with Gasteiger partial charge in [-0.05, 0) is 31.2 Å². The summed E-state index contributed by atoms with van der Waals surface area (Å²) in [6.45, 7) is 1.87. The van der Waals surface area contributed by atoms with Crippen LogP contribution in [0.25, 0.3) is 11.0 Å². The molecule has 1 aliphatic rings. The Hall–Kier alpha value is -2.80. The predicted molar refractivity (Wildman–Crippen MR) is 102 cm³/mol. The van der Waals surface area contributed by atoms with Gasteiger partial charge in [-0.2, -0.15) is 0 Å². The molecule has 26 heavy (non-hydrogen) atoms. The van der Waals surface area contributed by atoms with Crippen LogP contribution in [-0.2, 0) is 9.59 Å². The molecule has 1 aliphatic heterocycles. The number of H-pyrrole nitrogens is 1. The number of hydrogen-bond donors (Lipinski definition) is 3. The molecule has 0 fully saturated rings. The summed E-state index contributed by atoms with van der Waals surface area (Å²) in [5.74, 6) is 0.385. The monoisotopic (exact) mass is 366 g/mol. The SMILES string of the molecule is CC(NC(=O)CC1Sc2ccccc2NC1=O)c1nc2ccccc2[nH]1. The van der Waals surface area contributed by atoms with Crippen molar-refractivity contribution in [2.45, 2.75) is 29.5 Å². The van der Waals surface area contributed by atoms with Crippen molar-refractivity contribution in [1.29, 1.82) is 0 Å². The fraction of sp³-hybridized carbons (Fsp3) is 0.211. The quantitative estimate of drug-likeness (QED) is 0.661. The molecule has 0 aliphatic carbocycles. The Morgan fingerprint density at radius 3 is 2.85 bits per heavy atom. The minimum Gasteiger partial charge on any atom is -0.346 e. The molecule has 2 aromatic carbocycles. The number of aromatic nitrogens is 2. The van der Waals surface area contributed by atoms with Gasteiger partial charge in [-0.15, -0.1) is 11.8 Å². The lowest BCUT2D eigenvalue weighted by molar-refractivity contribution is -0.124. The van der Waals surface area contributed by atoms with Crippen molar-refractivity contribution in [3.63, 3.8) is 0 Å². The number of hydrogen-bond acceptors (Lipinski definition) is 4. The van der Waals surface area contributed by atoms with E-state index in [-0.39, 0.29) is 24.3 Å². The summed E-state index contributed by atoms with van der Waals surface area (Å²) in [4.78, 5) is 33.4. The third kappa shape index (κ3) is 3.30. The highest BCUT2D eigenvalue weighted by Gasteiger charge is 2.29. The van der Waals surface area contributed by atoms with Crippen molar-refractivity contribution in [2.75, 3.05) is 5.32 Å². The predicted octanol–water partition coefficient (Wildman–Crippen LogP) is 3.24. The lowest BCUT2D eigenvalue weighted by Gasteiger charge is -2.24. The molecule has 2 heterocycles. The molecule has 4 rings (SSSR count). The molecule has 0 bridgehead atoms. The van der Waals surface area contributed by atoms with Crippen LogP contribution in [0, 0.1) is 0 Å². The summed E-state index contributed by atoms with van der Waals surface area (Å²) in [5.41, 5.74) is 2.60. The fourth-order valence-corrected chi connectivity index (χ4v) is 4.05. The summed E-state index contributed by atoms with van der Waals surface area (Å²) in [5, 5.41) is 5.35. The molecule has 132 valence electrons. The van der Waals surface area contributed by atoms with Crippen LogP contribution in [0.2, 0.25) is 0 Å². The van der Waals surface area contributed by atoms with Gasteiger partial charge in [0.1, 0.15) is 5.82 Å². The molecule has 6 nitrogen and oxygen atoms in total. The standard InChI is InChI=1S/C19H18N4O2S/c1-11(18-21-12-6-2-3-7-13(12)22-18)20-17(24)10-16-19(25)23-14-8-4-5-9-15(14)26-16/h2-9,11,16H,10H2,1H3,(H,20,24)(H,21,22)(H,23,25). The van der Waals surface area contributed by atoms with Crippen LogP contribution in [0.15, 0.2) is 53.4 Å². The van der Waals surface area contributed by atoms with Crippen molar-refractivity contribution in [3.8, 4) is 0 Å². The maximum Gasteiger partial charge on any atom is 0.238 e. The zero-order valence-corrected chi connectivity index (χ0v) is 15.0. The second-order valence-corrected chi connectivity index (χ2v) is 7.47. The molecule has 2 amide bonds. The molecular formula is C19H18N4O2S. The van der Waals surface area contributed by atoms with Crippen LogP contribution in [-0.4, -0.2) is 27.0 Å². The first-order chi connectivity index (χ1) is 12.6. The molecule has 7 heteroatoms. The highest BCUT2D eigenvalue weighted by atomic mass is 32.2. The first-order valence-corrected chi connectivity index (χ1v) is 9.28. The number of nitrogens with one attached hydrogen (secondary N) is 3. The van der Waals surface area contributed by atoms with E-state index >= 15 is 0 Å². The van der Waals surface area contributed by atoms with E-state index < -0.39 is 5.25 Å². The molecule has 0 spiro atoms. The highest BCUT2D eigenvalue weighted by Crippen LogP contribution is 2.36. The second kappa shape index (κ2) is 6.84.